The lowest BCUT2D eigenvalue weighted by atomic mass is 10.3. The highest BCUT2D eigenvalue weighted by Gasteiger charge is 2.24. The molecule has 0 saturated heterocycles. The predicted octanol–water partition coefficient (Wildman–Crippen LogP) is -1.43. The number of methoxy groups -OCH3 is 2. The molecule has 17 heavy (non-hydrogen) atoms. The zero-order valence-corrected chi connectivity index (χ0v) is 10.3. The van der Waals surface area contributed by atoms with E-state index in [9.17, 15) is 18.0 Å². The fourth-order valence-corrected chi connectivity index (χ4v) is 2.07. The first-order valence-corrected chi connectivity index (χ1v) is 6.26. The van der Waals surface area contributed by atoms with E-state index in [1.807, 2.05) is 4.72 Å². The predicted molar refractivity (Wildman–Crippen MR) is 56.9 cm³/mol. The number of nitrogens with one attached hydrogen (secondary N) is 1. The van der Waals surface area contributed by atoms with Crippen LogP contribution in [0.15, 0.2) is 0 Å². The van der Waals surface area contributed by atoms with Crippen molar-refractivity contribution >= 4 is 22.0 Å². The van der Waals surface area contributed by atoms with Crippen LogP contribution in [0.5, 0.6) is 0 Å². The first-order valence-electron chi connectivity index (χ1n) is 4.61. The Morgan fingerprint density at radius 1 is 1.35 bits per heavy atom. The van der Waals surface area contributed by atoms with Gasteiger partial charge in [0.15, 0.2) is 0 Å². The fraction of sp³-hybridized carbons (Fsp3) is 0.750. The number of hydrogen-bond donors (Lipinski definition) is 2. The first-order chi connectivity index (χ1) is 7.82. The summed E-state index contributed by atoms with van der Waals surface area (Å²) in [5.74, 6) is -2.57. The molecule has 0 fully saturated rings. The molecule has 0 spiro atoms. The molecule has 0 aromatic carbocycles. The molecular formula is C8H15NO7S. The maximum atomic E-state index is 11.4. The number of carboxylic acid groups (broad SMARTS) is 1. The molecule has 0 rings (SSSR count). The fourth-order valence-electron chi connectivity index (χ4n) is 0.918. The maximum absolute atomic E-state index is 11.4. The van der Waals surface area contributed by atoms with Crippen molar-refractivity contribution in [3.8, 4) is 0 Å². The van der Waals surface area contributed by atoms with E-state index < -0.39 is 33.8 Å². The van der Waals surface area contributed by atoms with Crippen molar-refractivity contribution in [2.75, 3.05) is 26.6 Å². The number of carbonyl (C=O) groups excluding carboxylic acids is 1. The molecule has 0 aliphatic heterocycles. The van der Waals surface area contributed by atoms with Crippen LogP contribution in [0.25, 0.3) is 0 Å². The summed E-state index contributed by atoms with van der Waals surface area (Å²) in [4.78, 5) is 21.4. The molecule has 0 aliphatic carbocycles. The van der Waals surface area contributed by atoms with E-state index in [0.29, 0.717) is 0 Å². The summed E-state index contributed by atoms with van der Waals surface area (Å²) in [6.07, 6.45) is -0.342. The number of carboxylic acids is 1. The molecule has 0 radical (unpaired) electrons. The van der Waals surface area contributed by atoms with Gasteiger partial charge < -0.3 is 14.6 Å². The Bertz CT molecular complexity index is 364. The molecule has 1 unspecified atom stereocenters. The summed E-state index contributed by atoms with van der Waals surface area (Å²) in [5, 5.41) is 8.69. The molecule has 0 aliphatic rings. The van der Waals surface area contributed by atoms with Crippen molar-refractivity contribution in [2.24, 2.45) is 0 Å². The standard InChI is InChI=1S/C8H15NO7S/c1-15-5-6(8(11)12)9-17(13,14)4-3-7(10)16-2/h6,9H,3-5H2,1-2H3,(H,11,12). The third kappa shape index (κ3) is 6.87. The minimum Gasteiger partial charge on any atom is -0.480 e. The third-order valence-corrected chi connectivity index (χ3v) is 3.14. The Morgan fingerprint density at radius 2 is 1.94 bits per heavy atom. The van der Waals surface area contributed by atoms with E-state index in [-0.39, 0.29) is 13.0 Å². The van der Waals surface area contributed by atoms with Gasteiger partial charge in [0.2, 0.25) is 10.0 Å². The first kappa shape index (κ1) is 15.8. The molecule has 8 nitrogen and oxygen atoms in total. The lowest BCUT2D eigenvalue weighted by Crippen LogP contribution is -2.44. The summed E-state index contributed by atoms with van der Waals surface area (Å²) >= 11 is 0. The highest BCUT2D eigenvalue weighted by atomic mass is 32.2. The number of ether oxygens (including phenoxy) is 2. The van der Waals surface area contributed by atoms with Crippen LogP contribution in [0.1, 0.15) is 6.42 Å². The van der Waals surface area contributed by atoms with Crippen LogP contribution in [-0.4, -0.2) is 58.1 Å². The molecule has 0 aromatic heterocycles. The summed E-state index contributed by atoms with van der Waals surface area (Å²) in [7, 11) is -1.48. The summed E-state index contributed by atoms with van der Waals surface area (Å²) in [5.41, 5.74) is 0. The number of rotatable bonds is 8. The minimum atomic E-state index is -3.86. The molecule has 2 N–H and O–H groups in total. The molecule has 1 atom stereocenters. The van der Waals surface area contributed by atoms with Gasteiger partial charge in [-0.3, -0.25) is 9.59 Å². The Balaban J connectivity index is 4.40. The quantitative estimate of drug-likeness (QED) is 0.518. The van der Waals surface area contributed by atoms with Gasteiger partial charge >= 0.3 is 11.9 Å². The van der Waals surface area contributed by atoms with Crippen LogP contribution in [0.2, 0.25) is 0 Å². The maximum Gasteiger partial charge on any atom is 0.324 e. The molecule has 9 heteroatoms. The van der Waals surface area contributed by atoms with E-state index in [0.717, 1.165) is 7.11 Å². The second-order valence-electron chi connectivity index (χ2n) is 3.11. The van der Waals surface area contributed by atoms with Crippen LogP contribution in [-0.2, 0) is 29.1 Å². The SMILES string of the molecule is COCC(NS(=O)(=O)CCC(=O)OC)C(=O)O. The molecule has 0 heterocycles. The van der Waals surface area contributed by atoms with Gasteiger partial charge in [0.25, 0.3) is 0 Å². The lowest BCUT2D eigenvalue weighted by Gasteiger charge is -2.13. The average Bonchev–Trinajstić information content (AvgIpc) is 2.25. The van der Waals surface area contributed by atoms with Gasteiger partial charge in [-0.25, -0.2) is 8.42 Å². The second-order valence-corrected chi connectivity index (χ2v) is 4.98. The highest BCUT2D eigenvalue weighted by Crippen LogP contribution is 1.96. The number of sulfonamides is 1. The van der Waals surface area contributed by atoms with Gasteiger partial charge in [0, 0.05) is 7.11 Å². The van der Waals surface area contributed by atoms with E-state index in [1.54, 1.807) is 0 Å². The Morgan fingerprint density at radius 3 is 2.35 bits per heavy atom. The van der Waals surface area contributed by atoms with Crippen molar-refractivity contribution in [1.82, 2.24) is 4.72 Å². The van der Waals surface area contributed by atoms with Crippen molar-refractivity contribution in [1.29, 1.82) is 0 Å². The van der Waals surface area contributed by atoms with Gasteiger partial charge in [-0.05, 0) is 0 Å². The van der Waals surface area contributed by atoms with Crippen LogP contribution in [0, 0.1) is 0 Å². The minimum absolute atomic E-state index is 0.299. The summed E-state index contributed by atoms with van der Waals surface area (Å²) in [6, 6.07) is -1.37. The summed E-state index contributed by atoms with van der Waals surface area (Å²) < 4.78 is 33.6. The number of esters is 1. The van der Waals surface area contributed by atoms with Crippen LogP contribution in [0.3, 0.4) is 0 Å². The molecule has 100 valence electrons. The molecular weight excluding hydrogens is 254 g/mol. The topological polar surface area (TPSA) is 119 Å². The molecule has 0 amide bonds. The average molecular weight is 269 g/mol. The third-order valence-electron chi connectivity index (χ3n) is 1.76. The number of aliphatic carboxylic acids is 1. The molecule has 0 aromatic rings. The van der Waals surface area contributed by atoms with Crippen LogP contribution < -0.4 is 4.72 Å². The monoisotopic (exact) mass is 269 g/mol. The summed E-state index contributed by atoms with van der Waals surface area (Å²) in [6.45, 7) is -0.299. The van der Waals surface area contributed by atoms with Gasteiger partial charge in [-0.15, -0.1) is 0 Å². The van der Waals surface area contributed by atoms with E-state index >= 15 is 0 Å². The van der Waals surface area contributed by atoms with Crippen molar-refractivity contribution in [3.05, 3.63) is 0 Å². The van der Waals surface area contributed by atoms with Gasteiger partial charge in [0.05, 0.1) is 25.9 Å². The Hall–Kier alpha value is -1.19. The van der Waals surface area contributed by atoms with Gasteiger partial charge in [-0.1, -0.05) is 0 Å². The second kappa shape index (κ2) is 7.20. The van der Waals surface area contributed by atoms with E-state index in [4.69, 9.17) is 5.11 Å². The smallest absolute Gasteiger partial charge is 0.324 e. The normalized spacial score (nSPS) is 13.1. The van der Waals surface area contributed by atoms with Crippen molar-refractivity contribution < 1.29 is 32.6 Å². The number of hydrogen-bond acceptors (Lipinski definition) is 6. The lowest BCUT2D eigenvalue weighted by molar-refractivity contribution is -0.140. The van der Waals surface area contributed by atoms with Gasteiger partial charge in [-0.2, -0.15) is 4.72 Å². The number of carbonyl (C=O) groups is 2. The Kier molecular flexibility index (Phi) is 6.69. The van der Waals surface area contributed by atoms with Gasteiger partial charge in [0.1, 0.15) is 6.04 Å². The molecule has 0 saturated carbocycles. The van der Waals surface area contributed by atoms with Crippen molar-refractivity contribution in [3.63, 3.8) is 0 Å². The van der Waals surface area contributed by atoms with E-state index in [2.05, 4.69) is 9.47 Å². The Labute approximate surface area is 98.9 Å². The van der Waals surface area contributed by atoms with Crippen LogP contribution >= 0.6 is 0 Å². The van der Waals surface area contributed by atoms with Crippen LogP contribution in [0.4, 0.5) is 0 Å². The van der Waals surface area contributed by atoms with Crippen molar-refractivity contribution in [2.45, 2.75) is 12.5 Å². The highest BCUT2D eigenvalue weighted by molar-refractivity contribution is 7.89. The molecule has 0 bridgehead atoms. The zero-order valence-electron chi connectivity index (χ0n) is 9.50. The zero-order chi connectivity index (χ0) is 13.5. The van der Waals surface area contributed by atoms with E-state index in [1.165, 1.54) is 7.11 Å². The largest absolute Gasteiger partial charge is 0.480 e.